The molecule has 26 heavy (non-hydrogen) atoms. The number of rotatable bonds is 9. The maximum atomic E-state index is 12.1. The molecule has 5 nitrogen and oxygen atoms in total. The van der Waals surface area contributed by atoms with E-state index in [1.165, 1.54) is 0 Å². The summed E-state index contributed by atoms with van der Waals surface area (Å²) >= 11 is 0. The Kier molecular flexibility index (Phi) is 7.09. The summed E-state index contributed by atoms with van der Waals surface area (Å²) in [5.41, 5.74) is 1.28. The van der Waals surface area contributed by atoms with Crippen molar-refractivity contribution in [3.63, 3.8) is 0 Å². The lowest BCUT2D eigenvalue weighted by Crippen LogP contribution is -2.18. The van der Waals surface area contributed by atoms with Crippen LogP contribution in [-0.4, -0.2) is 23.6 Å². The molecule has 5 heteroatoms. The highest BCUT2D eigenvalue weighted by molar-refractivity contribution is 6.34. The first-order valence-corrected chi connectivity index (χ1v) is 8.49. The van der Waals surface area contributed by atoms with E-state index in [1.807, 2.05) is 32.0 Å². The van der Waals surface area contributed by atoms with E-state index in [0.29, 0.717) is 11.3 Å². The van der Waals surface area contributed by atoms with Crippen LogP contribution in [0.5, 0.6) is 5.75 Å². The third-order valence-electron chi connectivity index (χ3n) is 3.57. The van der Waals surface area contributed by atoms with Crippen LogP contribution in [-0.2, 0) is 20.9 Å². The standard InChI is InChI=1S/C21H22O5/c1-15(2)26-18-10-8-17(9-11-18)19(22)12-13-20(23)21(24)25-14-16-6-4-3-5-7-16/h3-11,15H,12-14H2,1-2H3. The Bertz CT molecular complexity index is 748. The van der Waals surface area contributed by atoms with Gasteiger partial charge < -0.3 is 9.47 Å². The van der Waals surface area contributed by atoms with Gasteiger partial charge in [-0.1, -0.05) is 30.3 Å². The quantitative estimate of drug-likeness (QED) is 0.390. The van der Waals surface area contributed by atoms with Gasteiger partial charge in [-0.3, -0.25) is 9.59 Å². The monoisotopic (exact) mass is 354 g/mol. The number of Topliss-reactive ketones (excluding diaryl/α,β-unsaturated/α-hetero) is 2. The molecule has 0 radical (unpaired) electrons. The summed E-state index contributed by atoms with van der Waals surface area (Å²) in [6.07, 6.45) is -0.156. The summed E-state index contributed by atoms with van der Waals surface area (Å²) in [6, 6.07) is 15.8. The number of hydrogen-bond acceptors (Lipinski definition) is 5. The molecule has 0 unspecified atom stereocenters. The molecule has 0 atom stereocenters. The zero-order valence-corrected chi connectivity index (χ0v) is 14.9. The fourth-order valence-electron chi connectivity index (χ4n) is 2.27. The lowest BCUT2D eigenvalue weighted by atomic mass is 10.0. The van der Waals surface area contributed by atoms with Crippen LogP contribution < -0.4 is 4.74 Å². The van der Waals surface area contributed by atoms with Gasteiger partial charge in [-0.2, -0.15) is 0 Å². The molecular weight excluding hydrogens is 332 g/mol. The zero-order valence-electron chi connectivity index (χ0n) is 14.9. The predicted molar refractivity (Wildman–Crippen MR) is 97.0 cm³/mol. The van der Waals surface area contributed by atoms with E-state index < -0.39 is 11.8 Å². The first-order valence-electron chi connectivity index (χ1n) is 8.49. The van der Waals surface area contributed by atoms with Gasteiger partial charge in [0.25, 0.3) is 0 Å². The maximum absolute atomic E-state index is 12.1. The van der Waals surface area contributed by atoms with Crippen molar-refractivity contribution in [1.82, 2.24) is 0 Å². The molecule has 2 aromatic rings. The molecule has 0 N–H and O–H groups in total. The minimum atomic E-state index is -0.915. The van der Waals surface area contributed by atoms with Crippen LogP contribution in [0, 0.1) is 0 Å². The Morgan fingerprint density at radius 3 is 2.15 bits per heavy atom. The highest BCUT2D eigenvalue weighted by atomic mass is 16.5. The minimum Gasteiger partial charge on any atom is -0.491 e. The van der Waals surface area contributed by atoms with Crippen LogP contribution in [0.1, 0.15) is 42.6 Å². The van der Waals surface area contributed by atoms with E-state index in [0.717, 1.165) is 5.56 Å². The van der Waals surface area contributed by atoms with Crippen molar-refractivity contribution in [3.05, 3.63) is 65.7 Å². The van der Waals surface area contributed by atoms with E-state index >= 15 is 0 Å². The number of carbonyl (C=O) groups is 3. The summed E-state index contributed by atoms with van der Waals surface area (Å²) in [6.45, 7) is 3.87. The second kappa shape index (κ2) is 9.51. The normalized spacial score (nSPS) is 10.4. The number of ketones is 2. The predicted octanol–water partition coefficient (Wildman–Crippen LogP) is 3.75. The molecule has 0 aliphatic carbocycles. The third kappa shape index (κ3) is 6.16. The Morgan fingerprint density at radius 2 is 1.54 bits per heavy atom. The lowest BCUT2D eigenvalue weighted by Gasteiger charge is -2.09. The van der Waals surface area contributed by atoms with Crippen molar-refractivity contribution in [2.45, 2.75) is 39.4 Å². The minimum absolute atomic E-state index is 0.0380. The van der Waals surface area contributed by atoms with Crippen LogP contribution in [0.15, 0.2) is 54.6 Å². The van der Waals surface area contributed by atoms with Crippen molar-refractivity contribution in [2.75, 3.05) is 0 Å². The molecule has 2 rings (SSSR count). The van der Waals surface area contributed by atoms with E-state index in [2.05, 4.69) is 0 Å². The van der Waals surface area contributed by atoms with Gasteiger partial charge in [0.1, 0.15) is 12.4 Å². The van der Waals surface area contributed by atoms with Gasteiger partial charge in [-0.25, -0.2) is 4.79 Å². The summed E-state index contributed by atoms with van der Waals surface area (Å²) in [5.74, 6) is -1.14. The van der Waals surface area contributed by atoms with Gasteiger partial charge in [-0.05, 0) is 43.7 Å². The molecule has 136 valence electrons. The highest BCUT2D eigenvalue weighted by Gasteiger charge is 2.17. The average molecular weight is 354 g/mol. The second-order valence-electron chi connectivity index (χ2n) is 6.10. The Balaban J connectivity index is 1.78. The third-order valence-corrected chi connectivity index (χ3v) is 3.57. The SMILES string of the molecule is CC(C)Oc1ccc(C(=O)CCC(=O)C(=O)OCc2ccccc2)cc1. The van der Waals surface area contributed by atoms with Gasteiger partial charge >= 0.3 is 5.97 Å². The van der Waals surface area contributed by atoms with Crippen LogP contribution >= 0.6 is 0 Å². The number of esters is 1. The largest absolute Gasteiger partial charge is 0.491 e. The molecule has 0 heterocycles. The Labute approximate surface area is 152 Å². The second-order valence-corrected chi connectivity index (χ2v) is 6.10. The summed E-state index contributed by atoms with van der Waals surface area (Å²) in [4.78, 5) is 35.7. The molecule has 0 aliphatic heterocycles. The highest BCUT2D eigenvalue weighted by Crippen LogP contribution is 2.15. The van der Waals surface area contributed by atoms with Crippen molar-refractivity contribution in [3.8, 4) is 5.75 Å². The van der Waals surface area contributed by atoms with E-state index in [-0.39, 0.29) is 31.3 Å². The molecule has 0 spiro atoms. The first kappa shape index (κ1) is 19.4. The summed E-state index contributed by atoms with van der Waals surface area (Å²) in [5, 5.41) is 0. The maximum Gasteiger partial charge on any atom is 0.374 e. The number of benzene rings is 2. The molecule has 0 aromatic heterocycles. The fraction of sp³-hybridized carbons (Fsp3) is 0.286. The van der Waals surface area contributed by atoms with Crippen molar-refractivity contribution in [1.29, 1.82) is 0 Å². The molecule has 0 bridgehead atoms. The molecule has 0 amide bonds. The van der Waals surface area contributed by atoms with Gasteiger partial charge in [0.2, 0.25) is 5.78 Å². The topological polar surface area (TPSA) is 69.7 Å². The van der Waals surface area contributed by atoms with Gasteiger partial charge in [0.15, 0.2) is 5.78 Å². The lowest BCUT2D eigenvalue weighted by molar-refractivity contribution is -0.154. The van der Waals surface area contributed by atoms with Crippen LogP contribution in [0.25, 0.3) is 0 Å². The summed E-state index contributed by atoms with van der Waals surface area (Å²) < 4.78 is 10.5. The number of hydrogen-bond donors (Lipinski definition) is 0. The molecule has 0 saturated carbocycles. The molecule has 2 aromatic carbocycles. The van der Waals surface area contributed by atoms with Crippen LogP contribution in [0.3, 0.4) is 0 Å². The zero-order chi connectivity index (χ0) is 18.9. The van der Waals surface area contributed by atoms with Crippen LogP contribution in [0.2, 0.25) is 0 Å². The molecular formula is C21H22O5. The van der Waals surface area contributed by atoms with Crippen LogP contribution in [0.4, 0.5) is 0 Å². The Hall–Kier alpha value is -2.95. The van der Waals surface area contributed by atoms with Gasteiger partial charge in [-0.15, -0.1) is 0 Å². The van der Waals surface area contributed by atoms with Crippen molar-refractivity contribution < 1.29 is 23.9 Å². The van der Waals surface area contributed by atoms with Gasteiger partial charge in [0, 0.05) is 18.4 Å². The van der Waals surface area contributed by atoms with E-state index in [1.54, 1.807) is 36.4 Å². The van der Waals surface area contributed by atoms with Gasteiger partial charge in [0.05, 0.1) is 6.10 Å². The van der Waals surface area contributed by atoms with Crippen molar-refractivity contribution >= 4 is 17.5 Å². The molecule has 0 saturated heterocycles. The van der Waals surface area contributed by atoms with E-state index in [4.69, 9.17) is 9.47 Å². The molecule has 0 aliphatic rings. The fourth-order valence-corrected chi connectivity index (χ4v) is 2.27. The first-order chi connectivity index (χ1) is 12.5. The smallest absolute Gasteiger partial charge is 0.374 e. The van der Waals surface area contributed by atoms with E-state index in [9.17, 15) is 14.4 Å². The van der Waals surface area contributed by atoms with Crippen molar-refractivity contribution in [2.24, 2.45) is 0 Å². The number of ether oxygens (including phenoxy) is 2. The average Bonchev–Trinajstić information content (AvgIpc) is 2.64. The number of carbonyl (C=O) groups excluding carboxylic acids is 3. The molecule has 0 fully saturated rings. The Morgan fingerprint density at radius 1 is 0.885 bits per heavy atom. The summed E-state index contributed by atoms with van der Waals surface area (Å²) in [7, 11) is 0.